The van der Waals surface area contributed by atoms with Crippen molar-refractivity contribution in [2.24, 2.45) is 0 Å². The number of hydrogen-bond acceptors (Lipinski definition) is 1. The normalized spacial score (nSPS) is 15.9. The smallest absolute Gasteiger partial charge is 0.0420 e. The van der Waals surface area contributed by atoms with E-state index < -0.39 is 0 Å². The van der Waals surface area contributed by atoms with Crippen molar-refractivity contribution in [3.8, 4) is 0 Å². The molecule has 0 amide bonds. The molecule has 1 nitrogen and oxygen atoms in total. The summed E-state index contributed by atoms with van der Waals surface area (Å²) < 4.78 is 0. The van der Waals surface area contributed by atoms with Gasteiger partial charge in [0.25, 0.3) is 0 Å². The summed E-state index contributed by atoms with van der Waals surface area (Å²) >= 11 is 0. The van der Waals surface area contributed by atoms with Crippen LogP contribution in [0.1, 0.15) is 46.6 Å². The van der Waals surface area contributed by atoms with Crippen molar-refractivity contribution < 1.29 is 0 Å². The third-order valence-corrected chi connectivity index (χ3v) is 3.16. The fraction of sp³-hybridized carbons (Fsp3) is 0.412. The van der Waals surface area contributed by atoms with E-state index in [4.69, 9.17) is 0 Å². The third-order valence-electron chi connectivity index (χ3n) is 3.16. The van der Waals surface area contributed by atoms with Gasteiger partial charge in [0, 0.05) is 16.8 Å². The monoisotopic (exact) mass is 241 g/mol. The maximum atomic E-state index is 3.60. The molecule has 0 radical (unpaired) electrons. The first-order valence-corrected chi connectivity index (χ1v) is 6.61. The predicted octanol–water partition coefficient (Wildman–Crippen LogP) is 5.02. The first kappa shape index (κ1) is 12.9. The number of rotatable bonds is 2. The molecule has 0 aromatic heterocycles. The molecule has 1 aromatic rings. The van der Waals surface area contributed by atoms with Gasteiger partial charge in [0.2, 0.25) is 0 Å². The van der Waals surface area contributed by atoms with E-state index in [0.717, 1.165) is 6.42 Å². The highest BCUT2D eigenvalue weighted by Crippen LogP contribution is 2.36. The van der Waals surface area contributed by atoms with Crippen LogP contribution in [0, 0.1) is 0 Å². The lowest BCUT2D eigenvalue weighted by molar-refractivity contribution is 0.634. The van der Waals surface area contributed by atoms with E-state index in [0.29, 0.717) is 0 Å². The van der Waals surface area contributed by atoms with Crippen LogP contribution in [0.2, 0.25) is 0 Å². The van der Waals surface area contributed by atoms with Gasteiger partial charge in [-0.3, -0.25) is 0 Å². The van der Waals surface area contributed by atoms with Gasteiger partial charge in [-0.1, -0.05) is 29.8 Å². The van der Waals surface area contributed by atoms with Gasteiger partial charge < -0.3 is 5.32 Å². The molecule has 0 unspecified atom stereocenters. The maximum absolute atomic E-state index is 3.60. The van der Waals surface area contributed by atoms with Crippen LogP contribution in [0.25, 0.3) is 5.57 Å². The molecule has 1 heteroatoms. The van der Waals surface area contributed by atoms with Crippen molar-refractivity contribution in [2.45, 2.75) is 46.6 Å². The highest BCUT2D eigenvalue weighted by Gasteiger charge is 2.17. The molecule has 0 atom stereocenters. The molecule has 0 spiro atoms. The van der Waals surface area contributed by atoms with Crippen LogP contribution in [0.5, 0.6) is 0 Å². The molecule has 1 N–H and O–H groups in total. The third kappa shape index (κ3) is 2.84. The van der Waals surface area contributed by atoms with E-state index in [1.807, 2.05) is 0 Å². The molecule has 0 bridgehead atoms. The van der Waals surface area contributed by atoms with Crippen molar-refractivity contribution in [2.75, 3.05) is 5.32 Å². The highest BCUT2D eigenvalue weighted by atomic mass is 15.0. The zero-order chi connectivity index (χ0) is 13.3. The zero-order valence-corrected chi connectivity index (χ0v) is 12.1. The van der Waals surface area contributed by atoms with Crippen molar-refractivity contribution >= 4 is 11.3 Å². The van der Waals surface area contributed by atoms with Gasteiger partial charge in [-0.2, -0.15) is 0 Å². The lowest BCUT2D eigenvalue weighted by atomic mass is 9.97. The van der Waals surface area contributed by atoms with Crippen LogP contribution in [-0.4, -0.2) is 5.54 Å². The van der Waals surface area contributed by atoms with E-state index in [-0.39, 0.29) is 5.54 Å². The standard InChI is InChI=1S/C17H23N/c1-12-10-13(2)15(11-12)14-8-6-7-9-16(14)18-17(3,4)5/h6-10,18H,11H2,1-5H3. The maximum Gasteiger partial charge on any atom is 0.0420 e. The lowest BCUT2D eigenvalue weighted by Gasteiger charge is -2.25. The molecule has 1 aliphatic rings. The van der Waals surface area contributed by atoms with E-state index >= 15 is 0 Å². The summed E-state index contributed by atoms with van der Waals surface area (Å²) in [5.74, 6) is 0. The molecule has 18 heavy (non-hydrogen) atoms. The largest absolute Gasteiger partial charge is 0.380 e. The van der Waals surface area contributed by atoms with Gasteiger partial charge in [-0.05, 0) is 58.3 Å². The zero-order valence-electron chi connectivity index (χ0n) is 12.1. The Morgan fingerprint density at radius 3 is 2.28 bits per heavy atom. The van der Waals surface area contributed by atoms with Gasteiger partial charge in [-0.15, -0.1) is 0 Å². The summed E-state index contributed by atoms with van der Waals surface area (Å²) in [5.41, 5.74) is 6.98. The number of benzene rings is 1. The molecule has 0 aliphatic heterocycles. The Hall–Kier alpha value is -1.50. The van der Waals surface area contributed by atoms with Crippen molar-refractivity contribution in [3.05, 3.63) is 47.1 Å². The minimum atomic E-state index is 0.0889. The SMILES string of the molecule is CC1=CC(C)=C(c2ccccc2NC(C)(C)C)C1. The molecule has 0 heterocycles. The number of hydrogen-bond donors (Lipinski definition) is 1. The number of para-hydroxylation sites is 1. The fourth-order valence-corrected chi connectivity index (χ4v) is 2.49. The van der Waals surface area contributed by atoms with E-state index in [1.165, 1.54) is 28.0 Å². The summed E-state index contributed by atoms with van der Waals surface area (Å²) in [5, 5.41) is 3.60. The molecule has 0 fully saturated rings. The Bertz CT molecular complexity index is 513. The lowest BCUT2D eigenvalue weighted by Crippen LogP contribution is -2.26. The van der Waals surface area contributed by atoms with E-state index in [9.17, 15) is 0 Å². The summed E-state index contributed by atoms with van der Waals surface area (Å²) in [7, 11) is 0. The summed E-state index contributed by atoms with van der Waals surface area (Å²) in [6.07, 6.45) is 3.37. The molecule has 2 rings (SSSR count). The molecule has 1 aliphatic carbocycles. The molecule has 96 valence electrons. The van der Waals surface area contributed by atoms with E-state index in [1.54, 1.807) is 0 Å². The van der Waals surface area contributed by atoms with Crippen molar-refractivity contribution in [3.63, 3.8) is 0 Å². The fourth-order valence-electron chi connectivity index (χ4n) is 2.49. The van der Waals surface area contributed by atoms with E-state index in [2.05, 4.69) is 70.3 Å². The van der Waals surface area contributed by atoms with Crippen molar-refractivity contribution in [1.29, 1.82) is 0 Å². The first-order valence-electron chi connectivity index (χ1n) is 6.61. The van der Waals surface area contributed by atoms with Gasteiger partial charge in [0.15, 0.2) is 0 Å². The molecular weight excluding hydrogens is 218 g/mol. The molecule has 0 saturated heterocycles. The Kier molecular flexibility index (Phi) is 3.34. The Balaban J connectivity index is 2.38. The van der Waals surface area contributed by atoms with Crippen LogP contribution in [0.3, 0.4) is 0 Å². The summed E-state index contributed by atoms with van der Waals surface area (Å²) in [4.78, 5) is 0. The van der Waals surface area contributed by atoms with Gasteiger partial charge in [0.1, 0.15) is 0 Å². The van der Waals surface area contributed by atoms with Gasteiger partial charge in [0.05, 0.1) is 0 Å². The van der Waals surface area contributed by atoms with Crippen molar-refractivity contribution in [1.82, 2.24) is 0 Å². The second-order valence-electron chi connectivity index (χ2n) is 6.25. The predicted molar refractivity (Wildman–Crippen MR) is 80.8 cm³/mol. The number of nitrogens with one attached hydrogen (secondary N) is 1. The minimum Gasteiger partial charge on any atom is -0.380 e. The number of anilines is 1. The molecule has 0 saturated carbocycles. The molecular formula is C17H23N. The Labute approximate surface area is 111 Å². The minimum absolute atomic E-state index is 0.0889. The molecule has 1 aromatic carbocycles. The topological polar surface area (TPSA) is 12.0 Å². The van der Waals surface area contributed by atoms with Crippen LogP contribution in [0.15, 0.2) is 41.5 Å². The van der Waals surface area contributed by atoms with Crippen LogP contribution in [0.4, 0.5) is 5.69 Å². The number of allylic oxidation sites excluding steroid dienone is 4. The average Bonchev–Trinajstić information content (AvgIpc) is 2.56. The van der Waals surface area contributed by atoms with Crippen LogP contribution in [-0.2, 0) is 0 Å². The second-order valence-corrected chi connectivity index (χ2v) is 6.25. The highest BCUT2D eigenvalue weighted by molar-refractivity contribution is 5.82. The Morgan fingerprint density at radius 1 is 1.06 bits per heavy atom. The first-order chi connectivity index (χ1) is 8.37. The summed E-state index contributed by atoms with van der Waals surface area (Å²) in [6.45, 7) is 11.0. The Morgan fingerprint density at radius 2 is 1.72 bits per heavy atom. The summed E-state index contributed by atoms with van der Waals surface area (Å²) in [6, 6.07) is 8.62. The van der Waals surface area contributed by atoms with Crippen LogP contribution < -0.4 is 5.32 Å². The quantitative estimate of drug-likeness (QED) is 0.766. The van der Waals surface area contributed by atoms with Gasteiger partial charge in [-0.25, -0.2) is 0 Å². The van der Waals surface area contributed by atoms with Gasteiger partial charge >= 0.3 is 0 Å². The average molecular weight is 241 g/mol. The second kappa shape index (κ2) is 4.64. The van der Waals surface area contributed by atoms with Crippen LogP contribution >= 0.6 is 0 Å².